The van der Waals surface area contributed by atoms with Gasteiger partial charge in [-0.3, -0.25) is 4.79 Å². The third-order valence-corrected chi connectivity index (χ3v) is 2.45. The summed E-state index contributed by atoms with van der Waals surface area (Å²) < 4.78 is 4.43. The van der Waals surface area contributed by atoms with E-state index in [0.717, 1.165) is 32.7 Å². The van der Waals surface area contributed by atoms with Gasteiger partial charge in [0.1, 0.15) is 0 Å². The van der Waals surface area contributed by atoms with Crippen molar-refractivity contribution < 1.29 is 14.6 Å². The van der Waals surface area contributed by atoms with E-state index >= 15 is 0 Å². The van der Waals surface area contributed by atoms with E-state index in [2.05, 4.69) is 21.6 Å². The van der Waals surface area contributed by atoms with Crippen LogP contribution in [-0.4, -0.2) is 67.4 Å². The van der Waals surface area contributed by atoms with Gasteiger partial charge in [-0.1, -0.05) is 0 Å². The first-order valence-corrected chi connectivity index (χ1v) is 4.90. The van der Waals surface area contributed by atoms with E-state index in [9.17, 15) is 4.79 Å². The molecule has 0 aliphatic carbocycles. The second-order valence-corrected chi connectivity index (χ2v) is 3.54. The lowest BCUT2D eigenvalue weighted by Crippen LogP contribution is -2.45. The molecule has 14 heavy (non-hydrogen) atoms. The van der Waals surface area contributed by atoms with Gasteiger partial charge in [-0.2, -0.15) is 0 Å². The Kier molecular flexibility index (Phi) is 4.86. The highest BCUT2D eigenvalue weighted by atomic mass is 16.6. The fourth-order valence-corrected chi connectivity index (χ4v) is 1.47. The van der Waals surface area contributed by atoms with Gasteiger partial charge < -0.3 is 19.6 Å². The standard InChI is InChI=1S/C9H18N2O3/c1-10-4-6-11(7-5-10)3-2-9(13)14-8-12/h12H,2-8H2,1H3. The van der Waals surface area contributed by atoms with Crippen LogP contribution in [0, 0.1) is 0 Å². The summed E-state index contributed by atoms with van der Waals surface area (Å²) in [5.41, 5.74) is 0. The van der Waals surface area contributed by atoms with Gasteiger partial charge in [-0.25, -0.2) is 0 Å². The molecule has 1 aliphatic heterocycles. The zero-order valence-electron chi connectivity index (χ0n) is 8.61. The Hall–Kier alpha value is -0.650. The molecule has 0 bridgehead atoms. The first-order chi connectivity index (χ1) is 6.72. The lowest BCUT2D eigenvalue weighted by atomic mass is 10.3. The van der Waals surface area contributed by atoms with Crippen LogP contribution in [0.5, 0.6) is 0 Å². The van der Waals surface area contributed by atoms with Gasteiger partial charge in [0, 0.05) is 32.7 Å². The Morgan fingerprint density at radius 1 is 1.36 bits per heavy atom. The van der Waals surface area contributed by atoms with Crippen LogP contribution in [0.3, 0.4) is 0 Å². The highest BCUT2D eigenvalue weighted by molar-refractivity contribution is 5.69. The number of esters is 1. The van der Waals surface area contributed by atoms with Crippen molar-refractivity contribution >= 4 is 5.97 Å². The van der Waals surface area contributed by atoms with Crippen LogP contribution in [0.15, 0.2) is 0 Å². The maximum absolute atomic E-state index is 10.9. The summed E-state index contributed by atoms with van der Waals surface area (Å²) in [7, 11) is 2.09. The van der Waals surface area contributed by atoms with Gasteiger partial charge in [-0.05, 0) is 7.05 Å². The summed E-state index contributed by atoms with van der Waals surface area (Å²) in [5, 5.41) is 8.35. The largest absolute Gasteiger partial charge is 0.439 e. The van der Waals surface area contributed by atoms with Gasteiger partial charge in [0.2, 0.25) is 0 Å². The van der Waals surface area contributed by atoms with Crippen molar-refractivity contribution in [1.82, 2.24) is 9.80 Å². The number of aliphatic hydroxyl groups is 1. The van der Waals surface area contributed by atoms with Crippen LogP contribution >= 0.6 is 0 Å². The van der Waals surface area contributed by atoms with Crippen LogP contribution in [-0.2, 0) is 9.53 Å². The van der Waals surface area contributed by atoms with Gasteiger partial charge in [-0.15, -0.1) is 0 Å². The number of carbonyl (C=O) groups is 1. The molecule has 1 aliphatic rings. The third-order valence-electron chi connectivity index (χ3n) is 2.45. The summed E-state index contributed by atoms with van der Waals surface area (Å²) in [4.78, 5) is 15.4. The molecule has 82 valence electrons. The highest BCUT2D eigenvalue weighted by Gasteiger charge is 2.14. The van der Waals surface area contributed by atoms with Crippen LogP contribution in [0.1, 0.15) is 6.42 Å². The molecule has 5 nitrogen and oxygen atoms in total. The Morgan fingerprint density at radius 3 is 2.57 bits per heavy atom. The molecule has 0 aromatic heterocycles. The molecule has 0 saturated carbocycles. The second kappa shape index (κ2) is 5.95. The van der Waals surface area contributed by atoms with E-state index in [1.54, 1.807) is 0 Å². The van der Waals surface area contributed by atoms with Gasteiger partial charge in [0.25, 0.3) is 0 Å². The average Bonchev–Trinajstić information content (AvgIpc) is 2.17. The molecular weight excluding hydrogens is 184 g/mol. The lowest BCUT2D eigenvalue weighted by molar-refractivity contribution is -0.152. The molecule has 5 heteroatoms. The molecule has 1 heterocycles. The number of likely N-dealkylation sites (N-methyl/N-ethyl adjacent to an activating group) is 1. The van der Waals surface area contributed by atoms with Crippen molar-refractivity contribution in [3.05, 3.63) is 0 Å². The zero-order chi connectivity index (χ0) is 10.4. The number of piperazine rings is 1. The van der Waals surface area contributed by atoms with E-state index in [1.807, 2.05) is 0 Å². The van der Waals surface area contributed by atoms with Crippen molar-refractivity contribution in [3.63, 3.8) is 0 Å². The highest BCUT2D eigenvalue weighted by Crippen LogP contribution is 2.00. The number of nitrogens with zero attached hydrogens (tertiary/aromatic N) is 2. The van der Waals surface area contributed by atoms with Crippen molar-refractivity contribution in [1.29, 1.82) is 0 Å². The molecule has 0 amide bonds. The first kappa shape index (κ1) is 11.4. The molecular formula is C9H18N2O3. The Labute approximate surface area is 84.2 Å². The summed E-state index contributed by atoms with van der Waals surface area (Å²) >= 11 is 0. The van der Waals surface area contributed by atoms with Crippen LogP contribution < -0.4 is 0 Å². The lowest BCUT2D eigenvalue weighted by Gasteiger charge is -2.31. The van der Waals surface area contributed by atoms with Gasteiger partial charge in [0.05, 0.1) is 6.42 Å². The number of carbonyl (C=O) groups excluding carboxylic acids is 1. The predicted octanol–water partition coefficient (Wildman–Crippen LogP) is -0.883. The fraction of sp³-hybridized carbons (Fsp3) is 0.889. The molecule has 0 aromatic rings. The van der Waals surface area contributed by atoms with Crippen molar-refractivity contribution in [2.45, 2.75) is 6.42 Å². The van der Waals surface area contributed by atoms with E-state index in [4.69, 9.17) is 5.11 Å². The fourth-order valence-electron chi connectivity index (χ4n) is 1.47. The molecule has 1 N–H and O–H groups in total. The Balaban J connectivity index is 2.09. The molecule has 0 atom stereocenters. The summed E-state index contributed by atoms with van der Waals surface area (Å²) in [6, 6.07) is 0. The first-order valence-electron chi connectivity index (χ1n) is 4.90. The molecule has 0 spiro atoms. The van der Waals surface area contributed by atoms with Crippen molar-refractivity contribution in [2.75, 3.05) is 46.6 Å². The van der Waals surface area contributed by atoms with E-state index in [1.165, 1.54) is 0 Å². The zero-order valence-corrected chi connectivity index (χ0v) is 8.61. The summed E-state index contributed by atoms with van der Waals surface area (Å²) in [5.74, 6) is -0.327. The van der Waals surface area contributed by atoms with Crippen molar-refractivity contribution in [3.8, 4) is 0 Å². The van der Waals surface area contributed by atoms with Gasteiger partial charge in [0.15, 0.2) is 6.79 Å². The minimum absolute atomic E-state index is 0.327. The topological polar surface area (TPSA) is 53.0 Å². The molecule has 1 saturated heterocycles. The summed E-state index contributed by atoms with van der Waals surface area (Å²) in [6.07, 6.45) is 0.365. The van der Waals surface area contributed by atoms with Crippen LogP contribution in [0.25, 0.3) is 0 Å². The molecule has 0 aromatic carbocycles. The summed E-state index contributed by atoms with van der Waals surface area (Å²) in [6.45, 7) is 4.32. The minimum Gasteiger partial charge on any atom is -0.439 e. The second-order valence-electron chi connectivity index (χ2n) is 3.54. The predicted molar refractivity (Wildman–Crippen MR) is 51.7 cm³/mol. The Bertz CT molecular complexity index is 179. The number of aliphatic hydroxyl groups excluding tert-OH is 1. The number of ether oxygens (including phenoxy) is 1. The number of hydrogen-bond acceptors (Lipinski definition) is 5. The van der Waals surface area contributed by atoms with Gasteiger partial charge >= 0.3 is 5.97 Å². The minimum atomic E-state index is -0.512. The average molecular weight is 202 g/mol. The van der Waals surface area contributed by atoms with Crippen molar-refractivity contribution in [2.24, 2.45) is 0 Å². The molecule has 1 rings (SSSR count). The SMILES string of the molecule is CN1CCN(CCC(=O)OCO)CC1. The van der Waals surface area contributed by atoms with E-state index in [-0.39, 0.29) is 5.97 Å². The van der Waals surface area contributed by atoms with Crippen LogP contribution in [0.2, 0.25) is 0 Å². The maximum Gasteiger partial charge on any atom is 0.309 e. The molecule has 1 fully saturated rings. The van der Waals surface area contributed by atoms with E-state index < -0.39 is 6.79 Å². The molecule has 0 radical (unpaired) electrons. The normalized spacial score (nSPS) is 19.6. The number of hydrogen-bond donors (Lipinski definition) is 1. The van der Waals surface area contributed by atoms with E-state index in [0.29, 0.717) is 6.42 Å². The third kappa shape index (κ3) is 4.04. The maximum atomic E-state index is 10.9. The quantitative estimate of drug-likeness (QED) is 0.474. The monoisotopic (exact) mass is 202 g/mol. The number of rotatable bonds is 4. The Morgan fingerprint density at radius 2 is 2.00 bits per heavy atom. The smallest absolute Gasteiger partial charge is 0.309 e. The van der Waals surface area contributed by atoms with Crippen LogP contribution in [0.4, 0.5) is 0 Å². The molecule has 0 unspecified atom stereocenters.